The van der Waals surface area contributed by atoms with Crippen LogP contribution in [-0.4, -0.2) is 35.9 Å². The molecule has 4 nitrogen and oxygen atoms in total. The van der Waals surface area contributed by atoms with Crippen LogP contribution in [0.2, 0.25) is 0 Å². The van der Waals surface area contributed by atoms with Crippen LogP contribution in [0.4, 0.5) is 0 Å². The molecule has 1 amide bonds. The first-order valence-corrected chi connectivity index (χ1v) is 9.96. The van der Waals surface area contributed by atoms with Crippen molar-refractivity contribution in [2.75, 3.05) is 20.8 Å². The fraction of sp³-hybridized carbons (Fsp3) is 0.400. The summed E-state index contributed by atoms with van der Waals surface area (Å²) in [4.78, 5) is 15.2. The van der Waals surface area contributed by atoms with E-state index in [4.69, 9.17) is 21.7 Å². The summed E-state index contributed by atoms with van der Waals surface area (Å²) in [6.45, 7) is 0.571. The maximum atomic E-state index is 12.7. The maximum Gasteiger partial charge on any atom is 0.265 e. The van der Waals surface area contributed by atoms with Gasteiger partial charge in [-0.25, -0.2) is 0 Å². The number of benzene rings is 1. The van der Waals surface area contributed by atoms with E-state index in [0.717, 1.165) is 29.7 Å². The summed E-state index contributed by atoms with van der Waals surface area (Å²) in [6.07, 6.45) is 10.4. The number of methoxy groups -OCH3 is 2. The van der Waals surface area contributed by atoms with Gasteiger partial charge in [-0.3, -0.25) is 9.69 Å². The van der Waals surface area contributed by atoms with Crippen LogP contribution in [0.1, 0.15) is 24.8 Å². The number of hydrogen-bond donors (Lipinski definition) is 0. The Kier molecular flexibility index (Phi) is 6.38. The second-order valence-corrected chi connectivity index (χ2v) is 8.02. The van der Waals surface area contributed by atoms with Gasteiger partial charge in [-0.2, -0.15) is 0 Å². The molecule has 26 heavy (non-hydrogen) atoms. The summed E-state index contributed by atoms with van der Waals surface area (Å²) in [5, 5.41) is 0. The van der Waals surface area contributed by atoms with Crippen molar-refractivity contribution in [2.24, 2.45) is 5.92 Å². The standard InChI is InChI=1S/C20H23NO3S2/c1-23-16-9-8-15(12-17(16)24-2)10-11-21-19(22)18(26-20(21)25)13-14-6-4-3-5-7-14/h3-4,8-9,12-14H,5-7,10-11H2,1-2H3. The number of nitrogens with zero attached hydrogens (tertiary/aromatic N) is 1. The lowest BCUT2D eigenvalue weighted by Crippen LogP contribution is -2.30. The minimum Gasteiger partial charge on any atom is -0.493 e. The first-order chi connectivity index (χ1) is 12.6. The molecule has 0 radical (unpaired) electrons. The molecule has 1 aliphatic heterocycles. The number of ether oxygens (including phenoxy) is 2. The third-order valence-corrected chi connectivity index (χ3v) is 6.04. The third-order valence-electron chi connectivity index (χ3n) is 4.64. The number of carbonyl (C=O) groups excluding carboxylic acids is 1. The van der Waals surface area contributed by atoms with Crippen molar-refractivity contribution in [2.45, 2.75) is 25.7 Å². The number of thiocarbonyl (C=S) groups is 1. The fourth-order valence-electron chi connectivity index (χ4n) is 3.17. The normalized spacial score (nSPS) is 21.5. The van der Waals surface area contributed by atoms with E-state index in [1.807, 2.05) is 18.2 Å². The lowest BCUT2D eigenvalue weighted by Gasteiger charge is -2.16. The zero-order valence-electron chi connectivity index (χ0n) is 15.1. The zero-order chi connectivity index (χ0) is 18.5. The molecule has 6 heteroatoms. The van der Waals surface area contributed by atoms with Crippen molar-refractivity contribution in [3.8, 4) is 11.5 Å². The predicted octanol–water partition coefficient (Wildman–Crippen LogP) is 4.35. The Balaban J connectivity index is 1.65. The third kappa shape index (κ3) is 4.30. The van der Waals surface area contributed by atoms with Crippen LogP contribution in [-0.2, 0) is 11.2 Å². The summed E-state index contributed by atoms with van der Waals surface area (Å²) < 4.78 is 11.3. The molecule has 0 bridgehead atoms. The first-order valence-electron chi connectivity index (χ1n) is 8.73. The number of thioether (sulfide) groups is 1. The van der Waals surface area contributed by atoms with E-state index < -0.39 is 0 Å². The molecule has 1 fully saturated rings. The van der Waals surface area contributed by atoms with E-state index >= 15 is 0 Å². The zero-order valence-corrected chi connectivity index (χ0v) is 16.7. The molecule has 0 aromatic heterocycles. The lowest BCUT2D eigenvalue weighted by molar-refractivity contribution is -0.122. The van der Waals surface area contributed by atoms with Crippen molar-refractivity contribution in [1.82, 2.24) is 4.90 Å². The summed E-state index contributed by atoms with van der Waals surface area (Å²) in [5.74, 6) is 1.88. The van der Waals surface area contributed by atoms with Crippen molar-refractivity contribution in [3.63, 3.8) is 0 Å². The van der Waals surface area contributed by atoms with Gasteiger partial charge < -0.3 is 9.47 Å². The monoisotopic (exact) mass is 389 g/mol. The quantitative estimate of drug-likeness (QED) is 0.411. The predicted molar refractivity (Wildman–Crippen MR) is 110 cm³/mol. The number of hydrogen-bond acceptors (Lipinski definition) is 5. The van der Waals surface area contributed by atoms with Crippen LogP contribution < -0.4 is 9.47 Å². The number of amides is 1. The molecule has 1 aromatic rings. The molecule has 3 rings (SSSR count). The Morgan fingerprint density at radius 2 is 2.08 bits per heavy atom. The summed E-state index contributed by atoms with van der Waals surface area (Å²) >= 11 is 6.86. The Bertz CT molecular complexity index is 757. The van der Waals surface area contributed by atoms with Crippen LogP contribution in [0.5, 0.6) is 11.5 Å². The van der Waals surface area contributed by atoms with Gasteiger partial charge in [-0.05, 0) is 49.3 Å². The van der Waals surface area contributed by atoms with E-state index in [0.29, 0.717) is 34.7 Å². The van der Waals surface area contributed by atoms with Crippen LogP contribution in [0.25, 0.3) is 0 Å². The SMILES string of the molecule is COc1ccc(CCN2C(=O)C(=CC3CC=CCC3)SC2=S)cc1OC. The smallest absolute Gasteiger partial charge is 0.265 e. The molecule has 0 saturated carbocycles. The van der Waals surface area contributed by atoms with Crippen molar-refractivity contribution in [1.29, 1.82) is 0 Å². The summed E-state index contributed by atoms with van der Waals surface area (Å²) in [7, 11) is 3.24. The van der Waals surface area contributed by atoms with Crippen molar-refractivity contribution >= 4 is 34.2 Å². The van der Waals surface area contributed by atoms with Crippen LogP contribution in [0.15, 0.2) is 41.3 Å². The molecule has 1 atom stereocenters. The lowest BCUT2D eigenvalue weighted by atomic mass is 9.94. The number of rotatable bonds is 6. The molecule has 138 valence electrons. The van der Waals surface area contributed by atoms with Crippen molar-refractivity contribution < 1.29 is 14.3 Å². The van der Waals surface area contributed by atoms with Gasteiger partial charge in [0.25, 0.3) is 5.91 Å². The topological polar surface area (TPSA) is 38.8 Å². The second-order valence-electron chi connectivity index (χ2n) is 6.34. The molecular weight excluding hydrogens is 366 g/mol. The van der Waals surface area contributed by atoms with Gasteiger partial charge in [-0.1, -0.05) is 48.3 Å². The Hall–Kier alpha value is -1.79. The molecule has 1 heterocycles. The summed E-state index contributed by atoms with van der Waals surface area (Å²) in [5.41, 5.74) is 1.08. The van der Waals surface area contributed by atoms with Crippen LogP contribution >= 0.6 is 24.0 Å². The van der Waals surface area contributed by atoms with Gasteiger partial charge in [0.2, 0.25) is 0 Å². The molecule has 0 N–H and O–H groups in total. The second kappa shape index (κ2) is 8.73. The van der Waals surface area contributed by atoms with Gasteiger partial charge in [-0.15, -0.1) is 0 Å². The highest BCUT2D eigenvalue weighted by Gasteiger charge is 2.32. The van der Waals surface area contributed by atoms with E-state index in [-0.39, 0.29) is 5.91 Å². The molecular formula is C20H23NO3S2. The molecule has 1 unspecified atom stereocenters. The van der Waals surface area contributed by atoms with Gasteiger partial charge >= 0.3 is 0 Å². The van der Waals surface area contributed by atoms with Gasteiger partial charge in [0.15, 0.2) is 11.5 Å². The van der Waals surface area contributed by atoms with Crippen LogP contribution in [0, 0.1) is 5.92 Å². The fourth-order valence-corrected chi connectivity index (χ4v) is 4.54. The van der Waals surface area contributed by atoms with Crippen LogP contribution in [0.3, 0.4) is 0 Å². The minimum absolute atomic E-state index is 0.0371. The molecule has 1 aromatic carbocycles. The van der Waals surface area contributed by atoms with E-state index in [1.54, 1.807) is 19.1 Å². The average molecular weight is 390 g/mol. The molecule has 2 aliphatic rings. The average Bonchev–Trinajstić information content (AvgIpc) is 2.93. The van der Waals surface area contributed by atoms with Crippen molar-refractivity contribution in [3.05, 3.63) is 46.9 Å². The number of carbonyl (C=O) groups is 1. The molecule has 1 aliphatic carbocycles. The highest BCUT2D eigenvalue weighted by molar-refractivity contribution is 8.26. The van der Waals surface area contributed by atoms with Gasteiger partial charge in [0, 0.05) is 6.54 Å². The molecule has 1 saturated heterocycles. The van der Waals surface area contributed by atoms with Gasteiger partial charge in [0.05, 0.1) is 19.1 Å². The minimum atomic E-state index is 0.0371. The summed E-state index contributed by atoms with van der Waals surface area (Å²) in [6, 6.07) is 5.82. The first kappa shape index (κ1) is 19.0. The maximum absolute atomic E-state index is 12.7. The Morgan fingerprint density at radius 1 is 1.27 bits per heavy atom. The Labute approximate surface area is 164 Å². The van der Waals surface area contributed by atoms with Gasteiger partial charge in [0.1, 0.15) is 4.32 Å². The number of allylic oxidation sites excluding steroid dienone is 3. The highest BCUT2D eigenvalue weighted by atomic mass is 32.2. The highest BCUT2D eigenvalue weighted by Crippen LogP contribution is 2.34. The largest absolute Gasteiger partial charge is 0.493 e. The van der Waals surface area contributed by atoms with E-state index in [2.05, 4.69) is 18.2 Å². The van der Waals surface area contributed by atoms with E-state index in [9.17, 15) is 4.79 Å². The molecule has 0 spiro atoms. The Morgan fingerprint density at radius 3 is 2.77 bits per heavy atom. The van der Waals surface area contributed by atoms with E-state index in [1.165, 1.54) is 11.8 Å².